The molecule has 0 heterocycles. The SMILES string of the molecule is CC#CC#CC#CC#CC#CC#CC#CC#CC#CC#CC#CC#CC#CC#CC#CC#CC#CC#CC#CC#CC#CC#CC#CC#CC#CC#CC#CC#CC#CC#CC#CC#CC#CC#CC#CC#CC#CC#CC#CC#CC#CC#N. The summed E-state index contributed by atoms with van der Waals surface area (Å²) < 4.78 is 0. The normalized spacial score (nSPS) is 3.95. The summed E-state index contributed by atoms with van der Waals surface area (Å²) in [5.41, 5.74) is 0. The quantitative estimate of drug-likeness (QED) is 0.328. The van der Waals surface area contributed by atoms with Crippen molar-refractivity contribution in [1.82, 2.24) is 0 Å². The van der Waals surface area contributed by atoms with Crippen molar-refractivity contribution >= 4 is 0 Å². The molecule has 0 rings (SSSR count). The van der Waals surface area contributed by atoms with Crippen molar-refractivity contribution in [2.45, 2.75) is 6.92 Å². The predicted molar refractivity (Wildman–Crippen MR) is 330 cm³/mol. The lowest BCUT2D eigenvalue weighted by molar-refractivity contribution is 1.55. The molecule has 1 nitrogen and oxygen atoms in total. The fourth-order valence-electron chi connectivity index (χ4n) is 2.56. The van der Waals surface area contributed by atoms with Crippen LogP contribution < -0.4 is 0 Å². The van der Waals surface area contributed by atoms with Crippen molar-refractivity contribution in [3.63, 3.8) is 0 Å². The van der Waals surface area contributed by atoms with Gasteiger partial charge in [0.2, 0.25) is 0 Å². The highest BCUT2D eigenvalue weighted by molar-refractivity contribution is 5.54. The van der Waals surface area contributed by atoms with E-state index in [0.29, 0.717) is 0 Å². The lowest BCUT2D eigenvalue weighted by atomic mass is 10.4. The average Bonchev–Trinajstić information content (AvgIpc) is 3.51. The molecule has 0 saturated carbocycles. The second-order valence-corrected chi connectivity index (χ2v) is 10.5. The number of hydrogen-bond acceptors (Lipinski definition) is 1. The molecule has 0 fully saturated rings. The van der Waals surface area contributed by atoms with E-state index >= 15 is 0 Å². The second kappa shape index (κ2) is 65.4. The summed E-state index contributed by atoms with van der Waals surface area (Å²) in [6.45, 7) is 1.68. The van der Waals surface area contributed by atoms with Gasteiger partial charge in [0.05, 0.1) is 0 Å². The van der Waals surface area contributed by atoms with E-state index in [9.17, 15) is 0 Å². The van der Waals surface area contributed by atoms with E-state index in [4.69, 9.17) is 5.26 Å². The van der Waals surface area contributed by atoms with Gasteiger partial charge in [-0.25, -0.2) is 0 Å². The second-order valence-electron chi connectivity index (χ2n) is 10.5. The molecule has 0 spiro atoms. The lowest BCUT2D eigenvalue weighted by Gasteiger charge is -1.58. The van der Waals surface area contributed by atoms with Gasteiger partial charge >= 0.3 is 0 Å². The Bertz CT molecular complexity index is 5830. The minimum atomic E-state index is 1.63. The number of nitrogens with zero attached hydrogens (tertiary/aromatic N) is 1. The molecule has 0 aliphatic carbocycles. The largest absolute Gasteiger partial charge is 0.183 e. The Morgan fingerprint density at radius 1 is 0.0941 bits per heavy atom. The predicted octanol–water partition coefficient (Wildman–Crippen LogP) is 0.669. The molecule has 0 aromatic heterocycles. The summed E-state index contributed by atoms with van der Waals surface area (Å²) >= 11 is 0. The van der Waals surface area contributed by atoms with Gasteiger partial charge in [-0.05, 0) is 54.3 Å². The molecule has 0 aliphatic rings. The summed E-state index contributed by atoms with van der Waals surface area (Å²) in [4.78, 5) is 0. The first-order valence-corrected chi connectivity index (χ1v) is 21.2. The zero-order valence-electron chi connectivity index (χ0n) is 42.9. The monoisotopic (exact) mass is 1030 g/mol. The summed E-state index contributed by atoms with van der Waals surface area (Å²) in [6.07, 6.45) is 0. The van der Waals surface area contributed by atoms with Crippen LogP contribution in [0, 0.1) is 497 Å². The van der Waals surface area contributed by atoms with Gasteiger partial charge < -0.3 is 0 Å². The molecular formula is C84H3N. The molecule has 344 valence electrons. The Labute approximate surface area is 500 Å². The fraction of sp³-hybridized carbons (Fsp3) is 0.0119. The summed E-state index contributed by atoms with van der Waals surface area (Å²) in [5, 5.41) is 8.22. The first-order chi connectivity index (χ1) is 42.4. The molecule has 0 aromatic carbocycles. The van der Waals surface area contributed by atoms with E-state index in [1.54, 1.807) is 13.0 Å². The van der Waals surface area contributed by atoms with Crippen LogP contribution in [0.25, 0.3) is 0 Å². The summed E-state index contributed by atoms with van der Waals surface area (Å²) in [6, 6.07) is 1.63. The topological polar surface area (TPSA) is 23.8 Å². The van der Waals surface area contributed by atoms with Crippen LogP contribution in [0.3, 0.4) is 0 Å². The Kier molecular flexibility index (Phi) is 51.2. The minimum Gasteiger partial charge on any atom is -0.183 e. The van der Waals surface area contributed by atoms with Crippen molar-refractivity contribution in [1.29, 1.82) is 5.26 Å². The third kappa shape index (κ3) is 65.4. The molecule has 0 radical (unpaired) electrons. The van der Waals surface area contributed by atoms with Crippen LogP contribution in [0.1, 0.15) is 6.92 Å². The minimum absolute atomic E-state index is 1.63. The number of rotatable bonds is 0. The van der Waals surface area contributed by atoms with Gasteiger partial charge in [-0.2, -0.15) is 5.26 Å². The molecular weight excluding hydrogens is 1020 g/mol. The Morgan fingerprint density at radius 2 is 0.153 bits per heavy atom. The van der Waals surface area contributed by atoms with Crippen molar-refractivity contribution in [3.8, 4) is 492 Å². The molecule has 0 N–H and O–H groups in total. The van der Waals surface area contributed by atoms with Crippen LogP contribution >= 0.6 is 0 Å². The van der Waals surface area contributed by atoms with Gasteiger partial charge in [0.15, 0.2) is 6.07 Å². The van der Waals surface area contributed by atoms with Gasteiger partial charge in [-0.1, -0.05) is 5.92 Å². The molecule has 1 heteroatoms. The van der Waals surface area contributed by atoms with Crippen LogP contribution in [-0.2, 0) is 0 Å². The molecule has 0 aliphatic heterocycles. The summed E-state index contributed by atoms with van der Waals surface area (Å²) in [5.74, 6) is 204. The first kappa shape index (κ1) is 66.4. The van der Waals surface area contributed by atoms with Gasteiger partial charge in [0.25, 0.3) is 0 Å². The first-order valence-electron chi connectivity index (χ1n) is 21.2. The molecule has 0 aromatic rings. The zero-order valence-corrected chi connectivity index (χ0v) is 42.9. The number of nitriles is 1. The Hall–Kier alpha value is -18.6. The van der Waals surface area contributed by atoms with E-state index in [-0.39, 0.29) is 0 Å². The van der Waals surface area contributed by atoms with Crippen LogP contribution in [0.2, 0.25) is 0 Å². The van der Waals surface area contributed by atoms with E-state index in [0.717, 1.165) is 0 Å². The molecule has 0 atom stereocenters. The van der Waals surface area contributed by atoms with Gasteiger partial charge in [-0.3, -0.25) is 0 Å². The Morgan fingerprint density at radius 3 is 0.212 bits per heavy atom. The van der Waals surface area contributed by atoms with Crippen LogP contribution in [0.4, 0.5) is 0 Å². The molecule has 85 heavy (non-hydrogen) atoms. The van der Waals surface area contributed by atoms with Gasteiger partial charge in [-0.15, -0.1) is 0 Å². The third-order valence-electron chi connectivity index (χ3n) is 5.18. The highest BCUT2D eigenvalue weighted by atomic mass is 14.2. The van der Waals surface area contributed by atoms with Crippen molar-refractivity contribution in [2.75, 3.05) is 0 Å². The smallest absolute Gasteiger partial charge is 0.153 e. The van der Waals surface area contributed by atoms with Gasteiger partial charge in [0.1, 0.15) is 0 Å². The molecule has 0 saturated heterocycles. The maximum absolute atomic E-state index is 8.22. The highest BCUT2D eigenvalue weighted by Crippen LogP contribution is 1.66. The van der Waals surface area contributed by atoms with Crippen LogP contribution in [0.5, 0.6) is 0 Å². The van der Waals surface area contributed by atoms with E-state index in [2.05, 4.69) is 485 Å². The summed E-state index contributed by atoms with van der Waals surface area (Å²) in [7, 11) is 0. The van der Waals surface area contributed by atoms with E-state index in [1.165, 1.54) is 0 Å². The maximum Gasteiger partial charge on any atom is 0.153 e. The van der Waals surface area contributed by atoms with Crippen molar-refractivity contribution in [2.24, 2.45) is 0 Å². The standard InChI is InChI=1S/C84H3N/c1-2-3-4-5-6-7-8-9-10-11-12-13-14-15-16-17-18-19-20-21-22-23-24-25-26-27-28-29-30-31-32-33-34-35-36-37-38-39-40-41-42-43-44-45-46-47-48-49-50-51-52-53-54-55-56-57-58-59-60-61-62-63-64-65-66-67-68-69-70-71-72-73-74-75-76-77-78-79-80-81-82-83-84-85/h1H3. The molecule has 0 amide bonds. The van der Waals surface area contributed by atoms with Gasteiger partial charge in [0, 0.05) is 432 Å². The van der Waals surface area contributed by atoms with E-state index < -0.39 is 0 Å². The lowest BCUT2D eigenvalue weighted by Crippen LogP contribution is -1.57. The van der Waals surface area contributed by atoms with Crippen molar-refractivity contribution in [3.05, 3.63) is 0 Å². The average molecular weight is 1030 g/mol. The van der Waals surface area contributed by atoms with Crippen LogP contribution in [0.15, 0.2) is 0 Å². The van der Waals surface area contributed by atoms with Crippen LogP contribution in [-0.4, -0.2) is 0 Å². The number of hydrogen-bond donors (Lipinski definition) is 0. The fourth-order valence-corrected chi connectivity index (χ4v) is 2.56. The zero-order chi connectivity index (χ0) is 60.7. The van der Waals surface area contributed by atoms with Crippen molar-refractivity contribution < 1.29 is 0 Å². The molecule has 0 unspecified atom stereocenters. The third-order valence-corrected chi connectivity index (χ3v) is 5.18. The van der Waals surface area contributed by atoms with E-state index in [1.807, 2.05) is 0 Å². The molecule has 0 bridgehead atoms. The maximum atomic E-state index is 8.22. The Balaban J connectivity index is 4.62. The highest BCUT2D eigenvalue weighted by Gasteiger charge is 1.65.